The molecule has 0 radical (unpaired) electrons. The fourth-order valence-corrected chi connectivity index (χ4v) is 11.4. The van der Waals surface area contributed by atoms with Crippen molar-refractivity contribution in [3.63, 3.8) is 0 Å². The topological polar surface area (TPSA) is 88.5 Å². The molecule has 3 aliphatic heterocycles. The number of benzene rings is 2. The number of anilines is 1. The van der Waals surface area contributed by atoms with Gasteiger partial charge in [-0.3, -0.25) is 9.59 Å². The Hall–Kier alpha value is -3.02. The van der Waals surface area contributed by atoms with Crippen LogP contribution in [0.5, 0.6) is 5.75 Å². The summed E-state index contributed by atoms with van der Waals surface area (Å²) in [6.07, 6.45) is 7.04. The number of methoxy groups -OCH3 is 1. The number of hydrogen-bond donors (Lipinski definition) is 0. The summed E-state index contributed by atoms with van der Waals surface area (Å²) < 4.78 is 57.3. The second-order valence-electron chi connectivity index (χ2n) is 15.5. The second-order valence-corrected chi connectivity index (χ2v) is 18.3. The zero-order chi connectivity index (χ0) is 35.9. The summed E-state index contributed by atoms with van der Waals surface area (Å²) in [6, 6.07) is 11.5. The van der Waals surface area contributed by atoms with Crippen molar-refractivity contribution in [3.8, 4) is 5.75 Å². The Morgan fingerprint density at radius 2 is 2.00 bits per heavy atom. The highest BCUT2D eigenvalue weighted by Crippen LogP contribution is 2.47. The van der Waals surface area contributed by atoms with E-state index in [0.717, 1.165) is 49.4 Å². The first-order valence-corrected chi connectivity index (χ1v) is 20.5. The zero-order valence-electron chi connectivity index (χ0n) is 29.4. The molecule has 1 spiro atoms. The van der Waals surface area contributed by atoms with Crippen LogP contribution in [0.1, 0.15) is 66.9 Å². The van der Waals surface area contributed by atoms with Crippen molar-refractivity contribution in [2.24, 2.45) is 28.0 Å². The molecule has 5 aliphatic rings. The van der Waals surface area contributed by atoms with Gasteiger partial charge in [0, 0.05) is 61.5 Å². The summed E-state index contributed by atoms with van der Waals surface area (Å²) in [5, 5.41) is 0.727. The first kappa shape index (κ1) is 36.3. The van der Waals surface area contributed by atoms with Gasteiger partial charge in [-0.25, -0.2) is 13.0 Å². The van der Waals surface area contributed by atoms with Gasteiger partial charge in [0.15, 0.2) is 0 Å². The average Bonchev–Trinajstić information content (AvgIpc) is 3.19. The number of fused-ring (bicyclic) bond motifs is 4. The number of ether oxygens (including phenoxy) is 2. The Labute approximate surface area is 305 Å². The predicted molar refractivity (Wildman–Crippen MR) is 195 cm³/mol. The Morgan fingerprint density at radius 1 is 1.18 bits per heavy atom. The first-order chi connectivity index (χ1) is 24.4. The molecule has 276 valence electrons. The van der Waals surface area contributed by atoms with Crippen LogP contribution >= 0.6 is 11.6 Å². The molecule has 2 bridgehead atoms. The lowest BCUT2D eigenvalue weighted by Gasteiger charge is -2.46. The van der Waals surface area contributed by atoms with Gasteiger partial charge in [0.05, 0.1) is 28.1 Å². The summed E-state index contributed by atoms with van der Waals surface area (Å²) in [5.41, 5.74) is 3.32. The van der Waals surface area contributed by atoms with Gasteiger partial charge in [0.2, 0.25) is 12.3 Å². The highest BCUT2D eigenvalue weighted by atomic mass is 35.5. The summed E-state index contributed by atoms with van der Waals surface area (Å²) in [6.45, 7) is 4.29. The minimum atomic E-state index is -3.34. The number of amides is 2. The van der Waals surface area contributed by atoms with Crippen molar-refractivity contribution in [1.82, 2.24) is 4.90 Å². The van der Waals surface area contributed by atoms with Crippen LogP contribution in [0.25, 0.3) is 0 Å². The van der Waals surface area contributed by atoms with Crippen molar-refractivity contribution < 1.29 is 32.1 Å². The van der Waals surface area contributed by atoms with E-state index in [4.69, 9.17) is 21.1 Å². The zero-order valence-corrected chi connectivity index (χ0v) is 31.0. The quantitative estimate of drug-likeness (QED) is 0.302. The van der Waals surface area contributed by atoms with Gasteiger partial charge in [-0.05, 0) is 104 Å². The molecule has 1 saturated carbocycles. The van der Waals surface area contributed by atoms with Crippen molar-refractivity contribution in [1.29, 1.82) is 0 Å². The largest absolute Gasteiger partial charge is 0.490 e. The van der Waals surface area contributed by atoms with Gasteiger partial charge < -0.3 is 19.3 Å². The van der Waals surface area contributed by atoms with Crippen LogP contribution in [0.2, 0.25) is 5.02 Å². The molecule has 2 aliphatic carbocycles. The molecule has 2 fully saturated rings. The van der Waals surface area contributed by atoms with E-state index in [0.29, 0.717) is 37.2 Å². The lowest BCUT2D eigenvalue weighted by molar-refractivity contribution is -0.135. The molecular formula is C39H48ClF2N3O5S. The minimum Gasteiger partial charge on any atom is -0.490 e. The number of allylic oxidation sites excluding steroid dienone is 1. The Balaban J connectivity index is 1.25. The molecule has 1 saturated heterocycles. The number of carbonyl (C=O) groups excluding carboxylic acids is 2. The van der Waals surface area contributed by atoms with Gasteiger partial charge in [0.1, 0.15) is 11.5 Å². The molecule has 3 heterocycles. The number of aryl methyl sites for hydroxylation is 1. The number of nitrogens with zero attached hydrogens (tertiary/aromatic N) is 3. The lowest BCUT2D eigenvalue weighted by atomic mass is 9.68. The normalized spacial score (nSPS) is 31.8. The summed E-state index contributed by atoms with van der Waals surface area (Å²) in [4.78, 5) is 31.1. The molecule has 2 aromatic rings. The standard InChI is InChI=1S/C39H48ClF2N3O5S/c1-25-5-3-7-34(49-2)31-11-8-29(31)20-45-23-39(14-4-6-27-16-30(40)10-12-32(27)39)24-50-35-13-9-28(17-33(35)45)38(47)43-51(48,21-25)22-37(46)44-18-26(19-44)15-36(41)42/h3,7,9-10,12-13,16-17,25-26,29,31,34,36H,4-6,8,11,14-15,18-24H2,1-2H3/b7-3+/t25-,29-,31+,34-,39-,51+/m0/s1. The van der Waals surface area contributed by atoms with Gasteiger partial charge in [0.25, 0.3) is 5.91 Å². The molecule has 12 heteroatoms. The number of rotatable bonds is 5. The average molecular weight is 744 g/mol. The third-order valence-electron chi connectivity index (χ3n) is 11.7. The van der Waals surface area contributed by atoms with Gasteiger partial charge in [-0.2, -0.15) is 4.36 Å². The highest BCUT2D eigenvalue weighted by molar-refractivity contribution is 7.94. The molecule has 51 heavy (non-hydrogen) atoms. The van der Waals surface area contributed by atoms with E-state index in [9.17, 15) is 22.6 Å². The van der Waals surface area contributed by atoms with Crippen molar-refractivity contribution in [2.75, 3.05) is 56.3 Å². The Bertz CT molecular complexity index is 1810. The smallest absolute Gasteiger partial charge is 0.285 e. The Kier molecular flexibility index (Phi) is 10.5. The van der Waals surface area contributed by atoms with E-state index in [-0.39, 0.29) is 54.2 Å². The third kappa shape index (κ3) is 7.72. The van der Waals surface area contributed by atoms with E-state index in [2.05, 4.69) is 33.5 Å². The van der Waals surface area contributed by atoms with E-state index in [1.807, 2.05) is 25.1 Å². The number of halogens is 3. The number of alkyl halides is 2. The fourth-order valence-electron chi connectivity index (χ4n) is 8.93. The van der Waals surface area contributed by atoms with Gasteiger partial charge in [-0.15, -0.1) is 0 Å². The SMILES string of the molecule is CO[C@H]1/C=C/C[C@H](C)C[S@@](=O)(CC(=O)N2CC(CC(F)F)C2)=NC(=O)c2ccc3c(c2)N(C[C@@H]2CC[C@H]21)C[C@@]1(CCCc2cc(Cl)ccc21)CO3. The lowest BCUT2D eigenvalue weighted by Crippen LogP contribution is -2.52. The molecule has 0 N–H and O–H groups in total. The highest BCUT2D eigenvalue weighted by Gasteiger charge is 2.44. The molecule has 0 unspecified atom stereocenters. The van der Waals surface area contributed by atoms with Crippen molar-refractivity contribution in [2.45, 2.75) is 69.8 Å². The van der Waals surface area contributed by atoms with Crippen LogP contribution in [0.3, 0.4) is 0 Å². The van der Waals surface area contributed by atoms with Crippen molar-refractivity contribution in [3.05, 3.63) is 70.3 Å². The summed E-state index contributed by atoms with van der Waals surface area (Å²) >= 11 is 6.44. The molecule has 2 aromatic carbocycles. The number of hydrogen-bond acceptors (Lipinski definition) is 6. The molecule has 8 nitrogen and oxygen atoms in total. The van der Waals surface area contributed by atoms with Crippen LogP contribution in [0, 0.1) is 23.7 Å². The molecule has 6 atom stereocenters. The van der Waals surface area contributed by atoms with E-state index >= 15 is 0 Å². The maximum atomic E-state index is 14.5. The maximum Gasteiger partial charge on any atom is 0.285 e. The van der Waals surface area contributed by atoms with Crippen LogP contribution in [-0.2, 0) is 31.1 Å². The monoisotopic (exact) mass is 743 g/mol. The Morgan fingerprint density at radius 3 is 2.75 bits per heavy atom. The van der Waals surface area contributed by atoms with Crippen LogP contribution in [0.4, 0.5) is 14.5 Å². The van der Waals surface area contributed by atoms with Crippen molar-refractivity contribution >= 4 is 38.8 Å². The van der Waals surface area contributed by atoms with Gasteiger partial charge >= 0.3 is 0 Å². The number of likely N-dealkylation sites (tertiary alicyclic amines) is 1. The predicted octanol–water partition coefficient (Wildman–Crippen LogP) is 7.17. The van der Waals surface area contributed by atoms with Crippen LogP contribution in [-0.4, -0.2) is 84.9 Å². The second kappa shape index (κ2) is 14.8. The summed E-state index contributed by atoms with van der Waals surface area (Å²) in [7, 11) is -1.59. The minimum absolute atomic E-state index is 0.0545. The van der Waals surface area contributed by atoms with Gasteiger partial charge in [-0.1, -0.05) is 36.7 Å². The molecular weight excluding hydrogens is 696 g/mol. The molecule has 2 amide bonds. The summed E-state index contributed by atoms with van der Waals surface area (Å²) in [5.74, 6) is -0.464. The third-order valence-corrected chi connectivity index (χ3v) is 14.3. The number of carbonyl (C=O) groups is 2. The van der Waals surface area contributed by atoms with E-state index in [1.165, 1.54) is 16.0 Å². The first-order valence-electron chi connectivity index (χ1n) is 18.3. The van der Waals surface area contributed by atoms with Crippen LogP contribution in [0.15, 0.2) is 52.9 Å². The van der Waals surface area contributed by atoms with Crippen LogP contribution < -0.4 is 9.64 Å². The maximum absolute atomic E-state index is 14.5. The molecule has 7 rings (SSSR count). The van der Waals surface area contributed by atoms with E-state index in [1.54, 1.807) is 13.2 Å². The fraction of sp³-hybridized carbons (Fsp3) is 0.590. The molecule has 0 aromatic heterocycles. The van der Waals surface area contributed by atoms with E-state index < -0.39 is 33.7 Å².